The number of hydrogen-bond donors (Lipinski definition) is 0. The SMILES string of the molecule is O.O.O.O.O.O.O=C([O-])C(=O)[O-]. The molecule has 10 nitrogen and oxygen atoms in total. The van der Waals surface area contributed by atoms with Crippen LogP contribution in [0, 0.1) is 0 Å². The van der Waals surface area contributed by atoms with Crippen LogP contribution in [0.5, 0.6) is 0 Å². The Kier molecular flexibility index (Phi) is 204. The number of carbonyl (C=O) groups is 2. The summed E-state index contributed by atoms with van der Waals surface area (Å²) in [4.78, 5) is 17.9. The normalized spacial score (nSPS) is 3.67. The van der Waals surface area contributed by atoms with Crippen molar-refractivity contribution in [1.82, 2.24) is 0 Å². The molecule has 0 spiro atoms. The maximum Gasteiger partial charge on any atom is 0.0870 e. The van der Waals surface area contributed by atoms with E-state index in [4.69, 9.17) is 19.8 Å². The Bertz CT molecular complexity index is 73.8. The van der Waals surface area contributed by atoms with E-state index in [9.17, 15) is 0 Å². The van der Waals surface area contributed by atoms with Gasteiger partial charge in [0.2, 0.25) is 0 Å². The van der Waals surface area contributed by atoms with E-state index in [0.29, 0.717) is 0 Å². The van der Waals surface area contributed by atoms with Gasteiger partial charge in [0.25, 0.3) is 0 Å². The summed E-state index contributed by atoms with van der Waals surface area (Å²) in [7, 11) is 0. The van der Waals surface area contributed by atoms with Gasteiger partial charge in [-0.2, -0.15) is 0 Å². The molecule has 0 aliphatic heterocycles. The summed E-state index contributed by atoms with van der Waals surface area (Å²) in [5.41, 5.74) is 0. The maximum atomic E-state index is 8.93. The Balaban J connectivity index is -0.00000000833. The van der Waals surface area contributed by atoms with Crippen molar-refractivity contribution >= 4 is 11.9 Å². The van der Waals surface area contributed by atoms with Crippen molar-refractivity contribution in [3.05, 3.63) is 0 Å². The van der Waals surface area contributed by atoms with Crippen molar-refractivity contribution in [2.75, 3.05) is 0 Å². The second kappa shape index (κ2) is 33.2. The summed E-state index contributed by atoms with van der Waals surface area (Å²) in [5, 5.41) is 17.9. The molecule has 0 fully saturated rings. The molecule has 0 aliphatic carbocycles. The van der Waals surface area contributed by atoms with Crippen LogP contribution in [0.1, 0.15) is 0 Å². The highest BCUT2D eigenvalue weighted by Crippen LogP contribution is 1.41. The first-order valence-corrected chi connectivity index (χ1v) is 1.07. The van der Waals surface area contributed by atoms with Crippen LogP contribution in [-0.2, 0) is 9.59 Å². The lowest BCUT2D eigenvalue weighted by atomic mass is 10.7. The predicted octanol–water partition coefficient (Wildman–Crippen LogP) is -8.46. The van der Waals surface area contributed by atoms with Crippen LogP contribution in [0.2, 0.25) is 0 Å². The van der Waals surface area contributed by atoms with Crippen LogP contribution in [0.3, 0.4) is 0 Å². The third-order valence-corrected chi connectivity index (χ3v) is 0.167. The highest BCUT2D eigenvalue weighted by Gasteiger charge is 1.74. The fraction of sp³-hybridized carbons (Fsp3) is 0. The Labute approximate surface area is 65.9 Å². The minimum Gasteiger partial charge on any atom is -0.543 e. The van der Waals surface area contributed by atoms with E-state index >= 15 is 0 Å². The van der Waals surface area contributed by atoms with Crippen molar-refractivity contribution in [3.8, 4) is 0 Å². The minimum atomic E-state index is -2.19. The van der Waals surface area contributed by atoms with E-state index in [1.54, 1.807) is 0 Å². The molecule has 0 heterocycles. The third kappa shape index (κ3) is 70.8. The standard InChI is InChI=1S/C2H2O4.6H2O/c3-1(4)2(5)6;;;;;;/h(H,3,4)(H,5,6);6*1H2/p-2. The zero-order chi connectivity index (χ0) is 5.15. The van der Waals surface area contributed by atoms with Crippen LogP contribution in [0.4, 0.5) is 0 Å². The summed E-state index contributed by atoms with van der Waals surface area (Å²) in [6.45, 7) is 0. The summed E-state index contributed by atoms with van der Waals surface area (Å²) in [6, 6.07) is 0. The first-order chi connectivity index (χ1) is 2.64. The Morgan fingerprint density at radius 2 is 0.667 bits per heavy atom. The van der Waals surface area contributed by atoms with Crippen molar-refractivity contribution in [2.24, 2.45) is 0 Å². The summed E-state index contributed by atoms with van der Waals surface area (Å²) >= 11 is 0. The van der Waals surface area contributed by atoms with E-state index in [0.717, 1.165) is 0 Å². The van der Waals surface area contributed by atoms with Crippen LogP contribution < -0.4 is 10.2 Å². The molecular weight excluding hydrogens is 184 g/mol. The second-order valence-electron chi connectivity index (χ2n) is 0.575. The topological polar surface area (TPSA) is 269 Å². The lowest BCUT2D eigenvalue weighted by Gasteiger charge is -1.97. The predicted molar refractivity (Wildman–Crippen MR) is 31.7 cm³/mol. The number of carbonyl (C=O) groups excluding carboxylic acids is 2. The van der Waals surface area contributed by atoms with Crippen LogP contribution in [0.15, 0.2) is 0 Å². The molecule has 0 bridgehead atoms. The smallest absolute Gasteiger partial charge is 0.0870 e. The average Bonchev–Trinajstić information content (AvgIpc) is 1.36. The van der Waals surface area contributed by atoms with Gasteiger partial charge in [0.1, 0.15) is 0 Å². The van der Waals surface area contributed by atoms with E-state index in [1.165, 1.54) is 0 Å². The number of hydrogen-bond acceptors (Lipinski definition) is 4. The molecule has 0 aromatic carbocycles. The van der Waals surface area contributed by atoms with Crippen LogP contribution in [-0.4, -0.2) is 44.8 Å². The van der Waals surface area contributed by atoms with Gasteiger partial charge < -0.3 is 52.7 Å². The third-order valence-electron chi connectivity index (χ3n) is 0.167. The first-order valence-electron chi connectivity index (χ1n) is 1.07. The number of carboxylic acid groups (broad SMARTS) is 2. The molecule has 10 heteroatoms. The van der Waals surface area contributed by atoms with Gasteiger partial charge in [-0.3, -0.25) is 0 Å². The second-order valence-corrected chi connectivity index (χ2v) is 0.575. The average molecular weight is 196 g/mol. The van der Waals surface area contributed by atoms with Gasteiger partial charge in [0, 0.05) is 0 Å². The van der Waals surface area contributed by atoms with Gasteiger partial charge in [0.05, 0.1) is 11.9 Å². The molecular formula is C2H12O10-2. The summed E-state index contributed by atoms with van der Waals surface area (Å²) in [6.07, 6.45) is 0. The zero-order valence-electron chi connectivity index (χ0n) is 5.63. The van der Waals surface area contributed by atoms with Crippen molar-refractivity contribution in [3.63, 3.8) is 0 Å². The van der Waals surface area contributed by atoms with Gasteiger partial charge in [-0.15, -0.1) is 0 Å². The van der Waals surface area contributed by atoms with Crippen molar-refractivity contribution < 1.29 is 52.7 Å². The fourth-order valence-corrected chi connectivity index (χ4v) is 0. The van der Waals surface area contributed by atoms with Gasteiger partial charge in [-0.1, -0.05) is 0 Å². The number of carboxylic acids is 2. The molecule has 0 aliphatic rings. The van der Waals surface area contributed by atoms with Crippen molar-refractivity contribution in [1.29, 1.82) is 0 Å². The zero-order valence-corrected chi connectivity index (χ0v) is 5.63. The number of aliphatic carboxylic acids is 2. The van der Waals surface area contributed by atoms with E-state index < -0.39 is 11.9 Å². The van der Waals surface area contributed by atoms with Crippen LogP contribution >= 0.6 is 0 Å². The molecule has 12 N–H and O–H groups in total. The van der Waals surface area contributed by atoms with Gasteiger partial charge in [-0.25, -0.2) is 0 Å². The molecule has 82 valence electrons. The highest BCUT2D eigenvalue weighted by molar-refractivity contribution is 6.25. The van der Waals surface area contributed by atoms with E-state index in [-0.39, 0.29) is 32.9 Å². The summed E-state index contributed by atoms with van der Waals surface area (Å²) < 4.78 is 0. The molecule has 0 atom stereocenters. The summed E-state index contributed by atoms with van der Waals surface area (Å²) in [5.74, 6) is -4.37. The molecule has 0 saturated heterocycles. The number of rotatable bonds is 0. The van der Waals surface area contributed by atoms with Crippen LogP contribution in [0.25, 0.3) is 0 Å². The Hall–Kier alpha value is -1.30. The largest absolute Gasteiger partial charge is 0.543 e. The highest BCUT2D eigenvalue weighted by atomic mass is 16.4. The molecule has 0 amide bonds. The van der Waals surface area contributed by atoms with E-state index in [1.807, 2.05) is 0 Å². The molecule has 0 unspecified atom stereocenters. The van der Waals surface area contributed by atoms with Crippen molar-refractivity contribution in [2.45, 2.75) is 0 Å². The molecule has 0 aromatic rings. The maximum absolute atomic E-state index is 8.93. The Morgan fingerprint density at radius 3 is 0.667 bits per heavy atom. The minimum absolute atomic E-state index is 0. The first kappa shape index (κ1) is 73.5. The molecule has 12 heavy (non-hydrogen) atoms. The Morgan fingerprint density at radius 1 is 0.583 bits per heavy atom. The lowest BCUT2D eigenvalue weighted by Crippen LogP contribution is -2.42. The molecule has 0 saturated carbocycles. The quantitative estimate of drug-likeness (QED) is 0.340. The fourth-order valence-electron chi connectivity index (χ4n) is 0. The van der Waals surface area contributed by atoms with Gasteiger partial charge >= 0.3 is 0 Å². The monoisotopic (exact) mass is 196 g/mol. The molecule has 0 radical (unpaired) electrons. The molecule has 0 rings (SSSR count). The van der Waals surface area contributed by atoms with Gasteiger partial charge in [-0.05, 0) is 0 Å². The van der Waals surface area contributed by atoms with E-state index in [2.05, 4.69) is 0 Å². The lowest BCUT2D eigenvalue weighted by molar-refractivity contribution is -0.345. The molecule has 0 aromatic heterocycles. The van der Waals surface area contributed by atoms with Gasteiger partial charge in [0.15, 0.2) is 0 Å².